The molecule has 0 aliphatic heterocycles. The summed E-state index contributed by atoms with van der Waals surface area (Å²) in [4.78, 5) is 13.0. The Balaban J connectivity index is 3.31. The Morgan fingerprint density at radius 1 is 1.77 bits per heavy atom. The smallest absolute Gasteiger partial charge is 0.251 e. The Bertz CT molecular complexity index is 403. The third-order valence-corrected chi connectivity index (χ3v) is 1.52. The third-order valence-electron chi connectivity index (χ3n) is 1.52. The van der Waals surface area contributed by atoms with E-state index in [4.69, 9.17) is 15.1 Å². The van der Waals surface area contributed by atoms with Crippen molar-refractivity contribution in [3.05, 3.63) is 27.5 Å². The van der Waals surface area contributed by atoms with E-state index in [1.807, 2.05) is 0 Å². The van der Waals surface area contributed by atoms with E-state index >= 15 is 0 Å². The molecule has 68 valence electrons. The van der Waals surface area contributed by atoms with Gasteiger partial charge in [-0.1, -0.05) is 0 Å². The second-order valence-corrected chi connectivity index (χ2v) is 2.43. The monoisotopic (exact) mass is 180 g/mol. The number of ether oxygens (including phenoxy) is 1. The van der Waals surface area contributed by atoms with Gasteiger partial charge in [0.05, 0.1) is 6.61 Å². The number of aromatic hydroxyl groups is 1. The summed E-state index contributed by atoms with van der Waals surface area (Å²) in [5.74, 6) is -0.415. The standard InChI is InChI=1S/C8H8N2O3/c1-13-4-5-2-7(11)10-8(12)6(5)3-9/h2H,4H2,1H3,(H2,10,11,12). The normalized spacial score (nSPS) is 9.54. The van der Waals surface area contributed by atoms with Crippen molar-refractivity contribution in [3.63, 3.8) is 0 Å². The predicted octanol–water partition coefficient (Wildman–Crippen LogP) is 0.0986. The van der Waals surface area contributed by atoms with Crippen molar-refractivity contribution in [1.29, 1.82) is 5.26 Å². The van der Waals surface area contributed by atoms with Crippen LogP contribution in [0.25, 0.3) is 0 Å². The molecule has 1 rings (SSSR count). The van der Waals surface area contributed by atoms with Crippen molar-refractivity contribution in [3.8, 4) is 11.9 Å². The van der Waals surface area contributed by atoms with Crippen LogP contribution < -0.4 is 5.56 Å². The minimum Gasteiger partial charge on any atom is -0.494 e. The zero-order valence-corrected chi connectivity index (χ0v) is 7.00. The number of hydrogen-bond acceptors (Lipinski definition) is 4. The average Bonchev–Trinajstić information content (AvgIpc) is 2.04. The van der Waals surface area contributed by atoms with Gasteiger partial charge in [-0.2, -0.15) is 5.26 Å². The van der Waals surface area contributed by atoms with Crippen LogP contribution >= 0.6 is 0 Å². The zero-order chi connectivity index (χ0) is 9.84. The number of aromatic nitrogens is 1. The SMILES string of the molecule is COCc1cc(=O)[nH]c(O)c1C#N. The maximum absolute atomic E-state index is 10.9. The minimum atomic E-state index is -0.455. The largest absolute Gasteiger partial charge is 0.494 e. The van der Waals surface area contributed by atoms with Crippen LogP contribution in [0.5, 0.6) is 5.88 Å². The summed E-state index contributed by atoms with van der Waals surface area (Å²) < 4.78 is 4.77. The number of nitriles is 1. The molecular formula is C8H8N2O3. The highest BCUT2D eigenvalue weighted by Crippen LogP contribution is 2.14. The number of aromatic amines is 1. The first-order valence-corrected chi connectivity index (χ1v) is 3.53. The summed E-state index contributed by atoms with van der Waals surface area (Å²) in [7, 11) is 1.44. The zero-order valence-electron chi connectivity index (χ0n) is 7.00. The molecular weight excluding hydrogens is 172 g/mol. The second kappa shape index (κ2) is 3.74. The molecule has 1 heterocycles. The number of hydrogen-bond donors (Lipinski definition) is 2. The molecule has 0 aliphatic carbocycles. The molecule has 0 aliphatic rings. The van der Waals surface area contributed by atoms with Gasteiger partial charge < -0.3 is 9.84 Å². The molecule has 0 spiro atoms. The first-order valence-electron chi connectivity index (χ1n) is 3.53. The summed E-state index contributed by atoms with van der Waals surface area (Å²) >= 11 is 0. The molecule has 1 aromatic heterocycles. The lowest BCUT2D eigenvalue weighted by atomic mass is 10.1. The lowest BCUT2D eigenvalue weighted by molar-refractivity contribution is 0.184. The molecule has 0 amide bonds. The highest BCUT2D eigenvalue weighted by molar-refractivity contribution is 5.43. The van der Waals surface area contributed by atoms with Gasteiger partial charge in [-0.05, 0) is 0 Å². The van der Waals surface area contributed by atoms with Gasteiger partial charge >= 0.3 is 0 Å². The molecule has 2 N–H and O–H groups in total. The molecule has 0 fully saturated rings. The fourth-order valence-corrected chi connectivity index (χ4v) is 0.992. The van der Waals surface area contributed by atoms with Gasteiger partial charge in [0.2, 0.25) is 5.88 Å². The molecule has 5 nitrogen and oxygen atoms in total. The highest BCUT2D eigenvalue weighted by Gasteiger charge is 2.08. The Morgan fingerprint density at radius 2 is 2.46 bits per heavy atom. The molecule has 0 atom stereocenters. The van der Waals surface area contributed by atoms with Crippen LogP contribution in [-0.2, 0) is 11.3 Å². The van der Waals surface area contributed by atoms with E-state index in [2.05, 4.69) is 4.98 Å². The number of H-pyrrole nitrogens is 1. The van der Waals surface area contributed by atoms with Gasteiger partial charge in [0.25, 0.3) is 5.56 Å². The van der Waals surface area contributed by atoms with Crippen LogP contribution in [0.2, 0.25) is 0 Å². The quantitative estimate of drug-likeness (QED) is 0.675. The topological polar surface area (TPSA) is 86.1 Å². The number of methoxy groups -OCH3 is 1. The number of rotatable bonds is 2. The predicted molar refractivity (Wildman–Crippen MR) is 44.2 cm³/mol. The summed E-state index contributed by atoms with van der Waals surface area (Å²) in [6.07, 6.45) is 0. The summed E-state index contributed by atoms with van der Waals surface area (Å²) in [5.41, 5.74) is -0.0312. The van der Waals surface area contributed by atoms with Gasteiger partial charge in [-0.3, -0.25) is 9.78 Å². The number of nitrogens with zero attached hydrogens (tertiary/aromatic N) is 1. The van der Waals surface area contributed by atoms with E-state index in [0.717, 1.165) is 0 Å². The summed E-state index contributed by atoms with van der Waals surface area (Å²) in [6.45, 7) is 0.125. The molecule has 0 saturated heterocycles. The average molecular weight is 180 g/mol. The fourth-order valence-electron chi connectivity index (χ4n) is 0.992. The molecule has 13 heavy (non-hydrogen) atoms. The van der Waals surface area contributed by atoms with Crippen LogP contribution in [-0.4, -0.2) is 17.2 Å². The van der Waals surface area contributed by atoms with Crippen molar-refractivity contribution in [2.24, 2.45) is 0 Å². The van der Waals surface area contributed by atoms with E-state index in [0.29, 0.717) is 5.56 Å². The maximum atomic E-state index is 10.9. The Labute approximate surface area is 74.2 Å². The van der Waals surface area contributed by atoms with Gasteiger partial charge in [-0.15, -0.1) is 0 Å². The van der Waals surface area contributed by atoms with Crippen LogP contribution in [0.4, 0.5) is 0 Å². The van der Waals surface area contributed by atoms with Crippen LogP contribution in [0.3, 0.4) is 0 Å². The number of nitrogens with one attached hydrogen (secondary N) is 1. The Hall–Kier alpha value is -1.80. The Morgan fingerprint density at radius 3 is 3.00 bits per heavy atom. The van der Waals surface area contributed by atoms with Crippen molar-refractivity contribution in [1.82, 2.24) is 4.98 Å². The van der Waals surface area contributed by atoms with E-state index in [1.54, 1.807) is 6.07 Å². The van der Waals surface area contributed by atoms with E-state index in [9.17, 15) is 4.79 Å². The first-order chi connectivity index (χ1) is 6.19. The van der Waals surface area contributed by atoms with Crippen LogP contribution in [0.15, 0.2) is 10.9 Å². The number of pyridine rings is 1. The van der Waals surface area contributed by atoms with E-state index in [1.165, 1.54) is 13.2 Å². The summed E-state index contributed by atoms with van der Waals surface area (Å²) in [6, 6.07) is 3.00. The van der Waals surface area contributed by atoms with Crippen molar-refractivity contribution >= 4 is 0 Å². The molecule has 1 aromatic rings. The molecule has 5 heteroatoms. The first kappa shape index (κ1) is 9.29. The van der Waals surface area contributed by atoms with Crippen LogP contribution in [0.1, 0.15) is 11.1 Å². The second-order valence-electron chi connectivity index (χ2n) is 2.43. The lowest BCUT2D eigenvalue weighted by Gasteiger charge is -2.02. The molecule has 0 bridgehead atoms. The van der Waals surface area contributed by atoms with Gasteiger partial charge in [0.15, 0.2) is 0 Å². The van der Waals surface area contributed by atoms with Gasteiger partial charge in [-0.25, -0.2) is 0 Å². The molecule has 0 unspecified atom stereocenters. The molecule has 0 saturated carbocycles. The highest BCUT2D eigenvalue weighted by atomic mass is 16.5. The lowest BCUT2D eigenvalue weighted by Crippen LogP contribution is -2.08. The van der Waals surface area contributed by atoms with Crippen molar-refractivity contribution in [2.45, 2.75) is 6.61 Å². The maximum Gasteiger partial charge on any atom is 0.251 e. The van der Waals surface area contributed by atoms with E-state index in [-0.39, 0.29) is 12.2 Å². The van der Waals surface area contributed by atoms with Crippen molar-refractivity contribution < 1.29 is 9.84 Å². The molecule has 0 aromatic carbocycles. The van der Waals surface area contributed by atoms with Gasteiger partial charge in [0.1, 0.15) is 11.6 Å². The van der Waals surface area contributed by atoms with Gasteiger partial charge in [0, 0.05) is 18.7 Å². The van der Waals surface area contributed by atoms with Crippen molar-refractivity contribution in [2.75, 3.05) is 7.11 Å². The summed E-state index contributed by atoms with van der Waals surface area (Å²) in [5, 5.41) is 17.8. The Kier molecular flexibility index (Phi) is 2.67. The third kappa shape index (κ3) is 1.86. The van der Waals surface area contributed by atoms with Crippen LogP contribution in [0, 0.1) is 11.3 Å². The fraction of sp³-hybridized carbons (Fsp3) is 0.250. The van der Waals surface area contributed by atoms with E-state index < -0.39 is 11.4 Å². The minimum absolute atomic E-state index is 0.0430. The molecule has 0 radical (unpaired) electrons.